The number of esters is 1. The van der Waals surface area contributed by atoms with Crippen LogP contribution in [0.15, 0.2) is 65.8 Å². The summed E-state index contributed by atoms with van der Waals surface area (Å²) in [6, 6.07) is 11.5. The highest BCUT2D eigenvalue weighted by Crippen LogP contribution is 2.35. The Morgan fingerprint density at radius 3 is 2.52 bits per heavy atom. The third-order valence-electron chi connectivity index (χ3n) is 7.00. The van der Waals surface area contributed by atoms with Crippen molar-refractivity contribution in [2.45, 2.75) is 64.3 Å². The normalized spacial score (nSPS) is 19.3. The number of aliphatic hydroxyl groups excluding tert-OH is 1. The monoisotopic (exact) mass is 639 g/mol. The van der Waals surface area contributed by atoms with Gasteiger partial charge >= 0.3 is 11.9 Å². The molecule has 5 atom stereocenters. The van der Waals surface area contributed by atoms with Crippen molar-refractivity contribution in [2.24, 2.45) is 11.0 Å². The molecule has 2 aromatic rings. The molecule has 0 amide bonds. The molecule has 13 nitrogen and oxygen atoms in total. The number of carbonyl (C=O) groups is 2. The number of rotatable bonds is 17. The second kappa shape index (κ2) is 17.3. The maximum absolute atomic E-state index is 13.1. The molecule has 0 aromatic heterocycles. The van der Waals surface area contributed by atoms with E-state index in [4.69, 9.17) is 34.0 Å². The summed E-state index contributed by atoms with van der Waals surface area (Å²) in [6.07, 6.45) is 4.21. The first kappa shape index (κ1) is 36.1. The van der Waals surface area contributed by atoms with E-state index in [-0.39, 0.29) is 49.2 Å². The van der Waals surface area contributed by atoms with Crippen LogP contribution in [0.1, 0.15) is 60.4 Å². The van der Waals surface area contributed by atoms with Crippen molar-refractivity contribution in [3.63, 3.8) is 0 Å². The summed E-state index contributed by atoms with van der Waals surface area (Å²) >= 11 is 0. The van der Waals surface area contributed by atoms with E-state index in [1.54, 1.807) is 75.4 Å². The quantitative estimate of drug-likeness (QED) is 0.0410. The minimum atomic E-state index is -1.23. The molecule has 13 heteroatoms. The van der Waals surface area contributed by atoms with Gasteiger partial charge in [-0.05, 0) is 68.5 Å². The molecule has 0 aliphatic carbocycles. The summed E-state index contributed by atoms with van der Waals surface area (Å²) in [6.45, 7) is 6.96. The molecule has 1 saturated heterocycles. The van der Waals surface area contributed by atoms with Gasteiger partial charge in [-0.15, -0.1) is 0 Å². The molecular weight excluding hydrogens is 598 g/mol. The number of aliphatic hydroxyl groups is 1. The highest BCUT2D eigenvalue weighted by Gasteiger charge is 2.45. The third kappa shape index (κ3) is 10.6. The van der Waals surface area contributed by atoms with E-state index in [0.717, 1.165) is 0 Å². The van der Waals surface area contributed by atoms with Crippen LogP contribution in [-0.2, 0) is 18.9 Å². The number of benzene rings is 2. The molecule has 46 heavy (non-hydrogen) atoms. The maximum atomic E-state index is 13.1. The number of carboxylic acids is 1. The Morgan fingerprint density at radius 2 is 1.87 bits per heavy atom. The van der Waals surface area contributed by atoms with Gasteiger partial charge in [-0.1, -0.05) is 48.5 Å². The van der Waals surface area contributed by atoms with E-state index in [0.29, 0.717) is 11.3 Å². The van der Waals surface area contributed by atoms with Crippen LogP contribution >= 0.6 is 0 Å². The molecule has 1 heterocycles. The molecule has 248 valence electrons. The molecule has 3 rings (SSSR count). The van der Waals surface area contributed by atoms with Crippen molar-refractivity contribution in [3.8, 4) is 11.5 Å². The van der Waals surface area contributed by atoms with Crippen molar-refractivity contribution in [1.82, 2.24) is 0 Å². The second-order valence-corrected chi connectivity index (χ2v) is 11.0. The van der Waals surface area contributed by atoms with Crippen LogP contribution in [0.25, 0.3) is 16.5 Å². The van der Waals surface area contributed by atoms with Gasteiger partial charge in [0.15, 0.2) is 12.6 Å². The van der Waals surface area contributed by atoms with Crippen LogP contribution in [0.3, 0.4) is 0 Å². The summed E-state index contributed by atoms with van der Waals surface area (Å²) in [7, 11) is 1.41. The number of hydrogen-bond acceptors (Lipinski definition) is 10. The van der Waals surface area contributed by atoms with Gasteiger partial charge in [0.2, 0.25) is 0 Å². The second-order valence-electron chi connectivity index (χ2n) is 11.0. The van der Waals surface area contributed by atoms with Gasteiger partial charge in [-0.25, -0.2) is 9.59 Å². The summed E-state index contributed by atoms with van der Waals surface area (Å²) in [5, 5.41) is 23.5. The first-order valence-electron chi connectivity index (χ1n) is 14.8. The Kier molecular flexibility index (Phi) is 13.6. The van der Waals surface area contributed by atoms with Gasteiger partial charge in [0.1, 0.15) is 29.3 Å². The molecular formula is C33H41N3O10. The highest BCUT2D eigenvalue weighted by molar-refractivity contribution is 5.95. The first-order chi connectivity index (χ1) is 22.0. The van der Waals surface area contributed by atoms with Gasteiger partial charge in [0.05, 0.1) is 30.9 Å². The van der Waals surface area contributed by atoms with Crippen molar-refractivity contribution in [3.05, 3.63) is 87.8 Å². The zero-order chi connectivity index (χ0) is 33.7. The van der Waals surface area contributed by atoms with Crippen LogP contribution in [0, 0.1) is 5.92 Å². The van der Waals surface area contributed by atoms with Gasteiger partial charge in [0, 0.05) is 18.1 Å². The van der Waals surface area contributed by atoms with Gasteiger partial charge in [-0.3, -0.25) is 0 Å². The molecule has 0 saturated carbocycles. The highest BCUT2D eigenvalue weighted by atomic mass is 16.8. The maximum Gasteiger partial charge on any atom is 0.340 e. The van der Waals surface area contributed by atoms with Crippen molar-refractivity contribution >= 4 is 18.0 Å². The van der Waals surface area contributed by atoms with Crippen LogP contribution in [0.4, 0.5) is 0 Å². The predicted molar refractivity (Wildman–Crippen MR) is 169 cm³/mol. The van der Waals surface area contributed by atoms with E-state index in [9.17, 15) is 19.8 Å². The number of ether oxygens (including phenoxy) is 6. The Bertz CT molecular complexity index is 1420. The summed E-state index contributed by atoms with van der Waals surface area (Å²) < 4.78 is 34.5. The molecule has 2 N–H and O–H groups in total. The molecule has 1 aliphatic rings. The Morgan fingerprint density at radius 1 is 1.13 bits per heavy atom. The molecule has 0 spiro atoms. The Balaban J connectivity index is 1.93. The van der Waals surface area contributed by atoms with E-state index in [1.807, 2.05) is 6.92 Å². The van der Waals surface area contributed by atoms with Crippen molar-refractivity contribution in [1.29, 1.82) is 0 Å². The fourth-order valence-electron chi connectivity index (χ4n) is 4.62. The SMILES string of the molecule is COCOc1cc(OCCN=[N+]=[N-])cc(C=CC[C@@H]2OC(C)(C)OC2C(C=C[C@@H](C)[C@H](C)O)OC(=O)c2ccccc2)c1C(=O)O. The Labute approximate surface area is 267 Å². The van der Waals surface area contributed by atoms with Crippen LogP contribution < -0.4 is 9.47 Å². The number of methoxy groups -OCH3 is 1. The van der Waals surface area contributed by atoms with E-state index in [1.165, 1.54) is 19.2 Å². The minimum absolute atomic E-state index is 0.0278. The Hall–Kier alpha value is -4.39. The number of carboxylic acid groups (broad SMARTS) is 1. The molecule has 0 radical (unpaired) electrons. The molecule has 2 unspecified atom stereocenters. The molecule has 2 aromatic carbocycles. The van der Waals surface area contributed by atoms with E-state index < -0.39 is 42.1 Å². The molecule has 1 aliphatic heterocycles. The van der Waals surface area contributed by atoms with E-state index >= 15 is 0 Å². The lowest BCUT2D eigenvalue weighted by Crippen LogP contribution is -2.37. The van der Waals surface area contributed by atoms with Crippen LogP contribution in [-0.4, -0.2) is 79.4 Å². The lowest BCUT2D eigenvalue weighted by atomic mass is 9.99. The first-order valence-corrected chi connectivity index (χ1v) is 14.8. The summed E-state index contributed by atoms with van der Waals surface area (Å²) in [4.78, 5) is 28.1. The number of nitrogens with zero attached hydrogens (tertiary/aromatic N) is 3. The zero-order valence-electron chi connectivity index (χ0n) is 26.6. The summed E-state index contributed by atoms with van der Waals surface area (Å²) in [5.74, 6) is -2.69. The largest absolute Gasteiger partial charge is 0.493 e. The summed E-state index contributed by atoms with van der Waals surface area (Å²) in [5.41, 5.74) is 9.07. The van der Waals surface area contributed by atoms with Crippen LogP contribution in [0.2, 0.25) is 0 Å². The fourth-order valence-corrected chi connectivity index (χ4v) is 4.62. The lowest BCUT2D eigenvalue weighted by molar-refractivity contribution is -0.152. The van der Waals surface area contributed by atoms with E-state index in [2.05, 4.69) is 10.0 Å². The zero-order valence-corrected chi connectivity index (χ0v) is 26.6. The lowest BCUT2D eigenvalue weighted by Gasteiger charge is -2.25. The van der Waals surface area contributed by atoms with Crippen molar-refractivity contribution in [2.75, 3.05) is 27.1 Å². The number of carbonyl (C=O) groups excluding carboxylic acids is 1. The number of azide groups is 1. The predicted octanol–water partition coefficient (Wildman–Crippen LogP) is 5.78. The van der Waals surface area contributed by atoms with Gasteiger partial charge in [-0.2, -0.15) is 0 Å². The van der Waals surface area contributed by atoms with Crippen LogP contribution in [0.5, 0.6) is 11.5 Å². The fraction of sp³-hybridized carbons (Fsp3) is 0.455. The van der Waals surface area contributed by atoms with Crippen molar-refractivity contribution < 1.29 is 48.2 Å². The standard InChI is InChI=1S/C33H41N3O10/c1-21(22(2)37)14-15-26(44-32(40)23-10-7-6-8-11-23)30-27(45-33(3,4)46-30)13-9-12-24-18-25(42-17-16-35-36-34)19-28(43-20-41-5)29(24)31(38)39/h6-12,14-15,18-19,21-22,26-27,30,37H,13,16-17,20H2,1-5H3,(H,38,39)/t21-,22+,26?,27+,30?/m1/s1. The number of hydrogen-bond donors (Lipinski definition) is 2. The molecule has 1 fully saturated rings. The average molecular weight is 640 g/mol. The average Bonchev–Trinajstić information content (AvgIpc) is 3.33. The molecule has 0 bridgehead atoms. The number of aromatic carboxylic acids is 1. The van der Waals surface area contributed by atoms with Gasteiger partial charge in [0.25, 0.3) is 0 Å². The van der Waals surface area contributed by atoms with Gasteiger partial charge < -0.3 is 38.6 Å². The third-order valence-corrected chi connectivity index (χ3v) is 7.00. The minimum Gasteiger partial charge on any atom is -0.493 e. The topological polar surface area (TPSA) is 179 Å². The smallest absolute Gasteiger partial charge is 0.340 e.